The Hall–Kier alpha value is 2.00. The van der Waals surface area contributed by atoms with Crippen LogP contribution in [-0.4, -0.2) is 0 Å². The Balaban J connectivity index is -0.00000000667. The van der Waals surface area contributed by atoms with E-state index in [1.165, 1.54) is 8.59 Å². The van der Waals surface area contributed by atoms with Gasteiger partial charge in [-0.25, -0.2) is 0 Å². The Bertz CT molecular complexity index is 32.5. The van der Waals surface area contributed by atoms with Crippen molar-refractivity contribution in [1.29, 1.82) is 0 Å². The van der Waals surface area contributed by atoms with Crippen molar-refractivity contribution in [1.82, 2.24) is 6.15 Å². The summed E-state index contributed by atoms with van der Waals surface area (Å²) >= 11 is 2.30. The molecule has 6 heteroatoms. The van der Waals surface area contributed by atoms with Crippen LogP contribution in [0.1, 0.15) is 0 Å². The first kappa shape index (κ1) is 24.5. The minimum absolute atomic E-state index is 0. The summed E-state index contributed by atoms with van der Waals surface area (Å²) in [6.45, 7) is 0. The molecule has 0 rings (SSSR count). The quantitative estimate of drug-likeness (QED) is 0.600. The Labute approximate surface area is 70.0 Å². The summed E-state index contributed by atoms with van der Waals surface area (Å²) in [5.41, 5.74) is 0. The van der Waals surface area contributed by atoms with Crippen molar-refractivity contribution in [3.8, 4) is 0 Å². The third-order valence-electron chi connectivity index (χ3n) is 0. The molecule has 0 saturated carbocycles. The molecule has 0 aliphatic heterocycles. The summed E-state index contributed by atoms with van der Waals surface area (Å²) in [7, 11) is 4.57. The molecule has 0 fully saturated rings. The van der Waals surface area contributed by atoms with Gasteiger partial charge in [0.05, 0.1) is 0 Å². The molecule has 0 saturated heterocycles. The molecule has 0 atom stereocenters. The van der Waals surface area contributed by atoms with Gasteiger partial charge in [-0.15, -0.1) is 0 Å². The molecule has 3 N–H and O–H groups in total. The van der Waals surface area contributed by atoms with Crippen LogP contribution in [0.3, 0.4) is 0 Å². The maximum absolute atomic E-state index is 3.07. The van der Waals surface area contributed by atoms with Crippen molar-refractivity contribution >= 4 is 30.1 Å². The van der Waals surface area contributed by atoms with Crippen LogP contribution in [0, 0.1) is 0 Å². The second-order valence-corrected chi connectivity index (χ2v) is 3.39. The maximum Gasteiger partial charge on any atom is 0 e. The fraction of sp³-hybridized carbons (Fsp3) is 0. The number of hydrogen-bond donors (Lipinski definition) is 1. The molecule has 0 aromatic heterocycles. The monoisotopic (exact) mass is 217 g/mol. The van der Waals surface area contributed by atoms with E-state index in [4.69, 9.17) is 0 Å². The van der Waals surface area contributed by atoms with Gasteiger partial charge in [-0.1, -0.05) is 0 Å². The molecule has 1 nitrogen and oxygen atoms in total. The van der Waals surface area contributed by atoms with Crippen LogP contribution < -0.4 is 6.15 Å². The van der Waals surface area contributed by atoms with E-state index in [2.05, 4.69) is 23.7 Å². The molecular weight excluding hydrogens is 211 g/mol. The zero-order chi connectivity index (χ0) is 2.71. The topological polar surface area (TPSA) is 35.0 Å². The van der Waals surface area contributed by atoms with Crippen LogP contribution in [0.25, 0.3) is 0 Å². The van der Waals surface area contributed by atoms with Gasteiger partial charge in [0.1, 0.15) is 0 Å². The van der Waals surface area contributed by atoms with E-state index >= 15 is 0 Å². The van der Waals surface area contributed by atoms with E-state index < -0.39 is 0 Å². The van der Waals surface area contributed by atoms with Crippen LogP contribution in [-0.2, 0) is 42.9 Å². The van der Waals surface area contributed by atoms with Gasteiger partial charge in [-0.05, 0) is 0 Å². The normalized spacial score (nSPS) is 1.83. The van der Waals surface area contributed by atoms with Crippen molar-refractivity contribution in [3.05, 3.63) is 0 Å². The van der Waals surface area contributed by atoms with Crippen LogP contribution in [0.5, 0.6) is 0 Å². The van der Waals surface area contributed by atoms with E-state index in [9.17, 15) is 0 Å². The van der Waals surface area contributed by atoms with Gasteiger partial charge in [-0.3, -0.25) is 0 Å². The first-order valence-corrected chi connectivity index (χ1v) is 4.10. The molecule has 1 radical (unpaired) electrons. The summed E-state index contributed by atoms with van der Waals surface area (Å²) in [6, 6.07) is 0. The van der Waals surface area contributed by atoms with Gasteiger partial charge in [0.15, 0.2) is 0 Å². The summed E-state index contributed by atoms with van der Waals surface area (Å²) < 4.78 is 0. The SMILES string of the molecule is N.P=[S]=[V].S.[V]. The van der Waals surface area contributed by atoms with Gasteiger partial charge in [-0.2, -0.15) is 13.5 Å². The van der Waals surface area contributed by atoms with Crippen LogP contribution in [0.15, 0.2) is 0 Å². The molecule has 0 unspecified atom stereocenters. The summed E-state index contributed by atoms with van der Waals surface area (Å²) in [4.78, 5) is 0. The van der Waals surface area contributed by atoms with Crippen LogP contribution in [0.2, 0.25) is 0 Å². The summed E-state index contributed by atoms with van der Waals surface area (Å²) in [6.07, 6.45) is 0. The van der Waals surface area contributed by atoms with Crippen molar-refractivity contribution < 1.29 is 34.3 Å². The maximum atomic E-state index is 3.07. The fourth-order valence-electron chi connectivity index (χ4n) is 0. The van der Waals surface area contributed by atoms with Crippen molar-refractivity contribution in [2.45, 2.75) is 0 Å². The fourth-order valence-corrected chi connectivity index (χ4v) is 0. The Morgan fingerprint density at radius 1 is 1.50 bits per heavy atom. The average molecular weight is 217 g/mol. The van der Waals surface area contributed by atoms with E-state index in [-0.39, 0.29) is 38.2 Å². The van der Waals surface area contributed by atoms with Crippen LogP contribution >= 0.6 is 21.5 Å². The third-order valence-corrected chi connectivity index (χ3v) is 0. The zero-order valence-electron chi connectivity index (χ0n) is 3.01. The number of rotatable bonds is 0. The Kier molecular flexibility index (Phi) is 114. The molecule has 0 aliphatic rings. The first-order valence-electron chi connectivity index (χ1n) is 0.387. The van der Waals surface area contributed by atoms with Crippen molar-refractivity contribution in [2.75, 3.05) is 0 Å². The van der Waals surface area contributed by atoms with Gasteiger partial charge in [0.25, 0.3) is 0 Å². The second kappa shape index (κ2) is 28.0. The predicted octanol–water partition coefficient (Wildman–Crippen LogP) is 0.861. The molecule has 0 aromatic carbocycles. The Morgan fingerprint density at radius 3 is 1.50 bits per heavy atom. The van der Waals surface area contributed by atoms with E-state index in [0.29, 0.717) is 0 Å². The Morgan fingerprint density at radius 2 is 1.50 bits per heavy atom. The molecule has 0 heterocycles. The van der Waals surface area contributed by atoms with Gasteiger partial charge in [0, 0.05) is 18.6 Å². The summed E-state index contributed by atoms with van der Waals surface area (Å²) in [5, 5.41) is 0. The zero-order valence-corrected chi connectivity index (χ0v) is 8.62. The smallest absolute Gasteiger partial charge is 0 e. The molecule has 0 spiro atoms. The molecule has 0 aromatic rings. The minimum atomic E-state index is 0. The molecular formula is H6NPS2V2. The first-order chi connectivity index (χ1) is 1.41. The van der Waals surface area contributed by atoms with Crippen molar-refractivity contribution in [3.63, 3.8) is 0 Å². The van der Waals surface area contributed by atoms with Gasteiger partial charge >= 0.3 is 32.3 Å². The second-order valence-electron chi connectivity index (χ2n) is 0.0913. The minimum Gasteiger partial charge on any atom is -0.197 e. The molecule has 6 heavy (non-hydrogen) atoms. The molecule has 0 aliphatic carbocycles. The van der Waals surface area contributed by atoms with Gasteiger partial charge < -0.3 is 6.15 Å². The largest absolute Gasteiger partial charge is 0.197 e. The average Bonchev–Trinajstić information content (AvgIpc) is 0.918. The molecule has 0 amide bonds. The van der Waals surface area contributed by atoms with Crippen molar-refractivity contribution in [2.24, 2.45) is 0 Å². The van der Waals surface area contributed by atoms with E-state index in [0.717, 1.165) is 0 Å². The number of hydrogen-bond acceptors (Lipinski definition) is 1. The predicted molar refractivity (Wildman–Crippen MR) is 31.1 cm³/mol. The molecule has 38 valence electrons. The third kappa shape index (κ3) is 37.5. The molecule has 0 bridgehead atoms. The van der Waals surface area contributed by atoms with E-state index in [1.807, 2.05) is 0 Å². The van der Waals surface area contributed by atoms with Crippen LogP contribution in [0.4, 0.5) is 0 Å². The van der Waals surface area contributed by atoms with Gasteiger partial charge in [0.2, 0.25) is 0 Å². The standard InChI is InChI=1S/H3N.HPS.H2S.2V/c;1-2;;;/h1H3;1H;1H2;;. The van der Waals surface area contributed by atoms with E-state index in [1.54, 1.807) is 0 Å². The summed E-state index contributed by atoms with van der Waals surface area (Å²) in [5.74, 6) is 0.